The van der Waals surface area contributed by atoms with Crippen LogP contribution >= 0.6 is 22.9 Å². The second-order valence-electron chi connectivity index (χ2n) is 2.69. The number of thiophene rings is 1. The largest absolute Gasteiger partial charge is 0.350 e. The van der Waals surface area contributed by atoms with Gasteiger partial charge in [-0.05, 0) is 17.9 Å². The topological polar surface area (TPSA) is 29.1 Å². The van der Waals surface area contributed by atoms with Crippen molar-refractivity contribution in [1.82, 2.24) is 5.32 Å². The Kier molecular flexibility index (Phi) is 4.25. The lowest BCUT2D eigenvalue weighted by molar-refractivity contribution is 0.0957. The third kappa shape index (κ3) is 3.36. The fourth-order valence-electron chi connectivity index (χ4n) is 0.843. The van der Waals surface area contributed by atoms with Gasteiger partial charge in [0.2, 0.25) is 0 Å². The molecule has 0 aliphatic carbocycles. The molecule has 72 valence electrons. The Hall–Kier alpha value is -0.540. The summed E-state index contributed by atoms with van der Waals surface area (Å²) in [4.78, 5) is 12.1. The number of rotatable bonds is 4. The first-order chi connectivity index (χ1) is 6.24. The minimum atomic E-state index is -0.0332. The van der Waals surface area contributed by atoms with Crippen LogP contribution in [0.1, 0.15) is 23.0 Å². The van der Waals surface area contributed by atoms with Crippen molar-refractivity contribution < 1.29 is 4.79 Å². The van der Waals surface area contributed by atoms with E-state index in [1.807, 2.05) is 18.4 Å². The third-order valence-electron chi connectivity index (χ3n) is 1.67. The first-order valence-electron chi connectivity index (χ1n) is 4.19. The predicted molar refractivity (Wildman–Crippen MR) is 56.6 cm³/mol. The lowest BCUT2D eigenvalue weighted by Crippen LogP contribution is -2.28. The van der Waals surface area contributed by atoms with Crippen molar-refractivity contribution in [2.45, 2.75) is 18.7 Å². The van der Waals surface area contributed by atoms with Crippen LogP contribution in [0, 0.1) is 0 Å². The van der Waals surface area contributed by atoms with E-state index in [1.54, 1.807) is 6.07 Å². The van der Waals surface area contributed by atoms with Crippen molar-refractivity contribution in [3.8, 4) is 0 Å². The van der Waals surface area contributed by atoms with Crippen LogP contribution in [0.5, 0.6) is 0 Å². The molecule has 1 rings (SSSR count). The SMILES string of the molecule is CCC(Cl)CNC(=O)c1cccs1. The molecule has 0 saturated heterocycles. The maximum Gasteiger partial charge on any atom is 0.261 e. The first-order valence-corrected chi connectivity index (χ1v) is 5.51. The lowest BCUT2D eigenvalue weighted by atomic mass is 10.3. The van der Waals surface area contributed by atoms with Crippen LogP contribution in [0.25, 0.3) is 0 Å². The van der Waals surface area contributed by atoms with Crippen molar-refractivity contribution in [2.24, 2.45) is 0 Å². The van der Waals surface area contributed by atoms with Crippen molar-refractivity contribution in [2.75, 3.05) is 6.54 Å². The number of carbonyl (C=O) groups excluding carboxylic acids is 1. The molecule has 1 aromatic rings. The van der Waals surface area contributed by atoms with Crippen molar-refractivity contribution in [1.29, 1.82) is 0 Å². The number of hydrogen-bond donors (Lipinski definition) is 1. The molecule has 0 radical (unpaired) electrons. The molecule has 0 saturated carbocycles. The summed E-state index contributed by atoms with van der Waals surface area (Å²) in [6.07, 6.45) is 0.867. The minimum absolute atomic E-state index is 0.0314. The summed E-state index contributed by atoms with van der Waals surface area (Å²) >= 11 is 7.29. The molecule has 1 atom stereocenters. The second kappa shape index (κ2) is 5.25. The molecule has 1 heterocycles. The van der Waals surface area contributed by atoms with Gasteiger partial charge >= 0.3 is 0 Å². The molecule has 1 amide bonds. The fraction of sp³-hybridized carbons (Fsp3) is 0.444. The van der Waals surface area contributed by atoms with Crippen LogP contribution in [-0.4, -0.2) is 17.8 Å². The standard InChI is InChI=1S/C9H12ClNOS/c1-2-7(10)6-11-9(12)8-4-3-5-13-8/h3-5,7H,2,6H2,1H3,(H,11,12). The summed E-state index contributed by atoms with van der Waals surface area (Å²) < 4.78 is 0. The number of halogens is 1. The molecule has 2 nitrogen and oxygen atoms in total. The van der Waals surface area contributed by atoms with Gasteiger partial charge in [-0.15, -0.1) is 22.9 Å². The Morgan fingerprint density at radius 3 is 3.08 bits per heavy atom. The summed E-state index contributed by atoms with van der Waals surface area (Å²) in [5.41, 5.74) is 0. The van der Waals surface area contributed by atoms with Crippen LogP contribution in [0.2, 0.25) is 0 Å². The smallest absolute Gasteiger partial charge is 0.261 e. The van der Waals surface area contributed by atoms with Gasteiger partial charge in [0.05, 0.1) is 10.3 Å². The molecule has 0 aliphatic heterocycles. The average Bonchev–Trinajstić information content (AvgIpc) is 2.66. The fourth-order valence-corrected chi connectivity index (χ4v) is 1.56. The van der Waals surface area contributed by atoms with Gasteiger partial charge in [0.15, 0.2) is 0 Å². The molecular weight excluding hydrogens is 206 g/mol. The van der Waals surface area contributed by atoms with Gasteiger partial charge in [-0.2, -0.15) is 0 Å². The zero-order valence-electron chi connectivity index (χ0n) is 7.42. The number of carbonyl (C=O) groups is 1. The van der Waals surface area contributed by atoms with Gasteiger partial charge in [-0.1, -0.05) is 13.0 Å². The third-order valence-corrected chi connectivity index (χ3v) is 3.00. The highest BCUT2D eigenvalue weighted by Gasteiger charge is 2.07. The van der Waals surface area contributed by atoms with Crippen molar-refractivity contribution in [3.63, 3.8) is 0 Å². The Morgan fingerprint density at radius 2 is 2.54 bits per heavy atom. The highest BCUT2D eigenvalue weighted by Crippen LogP contribution is 2.08. The van der Waals surface area contributed by atoms with E-state index in [-0.39, 0.29) is 11.3 Å². The molecule has 4 heteroatoms. The number of nitrogens with one attached hydrogen (secondary N) is 1. The molecule has 1 N–H and O–H groups in total. The Labute approximate surface area is 86.9 Å². The molecule has 13 heavy (non-hydrogen) atoms. The highest BCUT2D eigenvalue weighted by molar-refractivity contribution is 7.12. The molecule has 1 unspecified atom stereocenters. The Morgan fingerprint density at radius 1 is 1.77 bits per heavy atom. The van der Waals surface area contributed by atoms with Gasteiger partial charge in [0, 0.05) is 6.54 Å². The number of amides is 1. The van der Waals surface area contributed by atoms with E-state index >= 15 is 0 Å². The van der Waals surface area contributed by atoms with Crippen molar-refractivity contribution in [3.05, 3.63) is 22.4 Å². The van der Waals surface area contributed by atoms with Crippen molar-refractivity contribution >= 4 is 28.8 Å². The Balaban J connectivity index is 2.35. The summed E-state index contributed by atoms with van der Waals surface area (Å²) in [6, 6.07) is 3.66. The molecule has 0 aliphatic rings. The van der Waals surface area contributed by atoms with E-state index in [0.717, 1.165) is 11.3 Å². The predicted octanol–water partition coefficient (Wildman–Crippen LogP) is 2.50. The molecule has 0 fully saturated rings. The van der Waals surface area contributed by atoms with E-state index in [0.29, 0.717) is 6.54 Å². The summed E-state index contributed by atoms with van der Waals surface area (Å²) in [5.74, 6) is -0.0332. The number of hydrogen-bond acceptors (Lipinski definition) is 2. The zero-order valence-corrected chi connectivity index (χ0v) is 8.99. The summed E-state index contributed by atoms with van der Waals surface area (Å²) in [7, 11) is 0. The zero-order chi connectivity index (χ0) is 9.68. The quantitative estimate of drug-likeness (QED) is 0.772. The van der Waals surface area contributed by atoms with Crippen LogP contribution in [0.4, 0.5) is 0 Å². The first kappa shape index (κ1) is 10.5. The highest BCUT2D eigenvalue weighted by atomic mass is 35.5. The van der Waals surface area contributed by atoms with E-state index in [4.69, 9.17) is 11.6 Å². The minimum Gasteiger partial charge on any atom is -0.350 e. The second-order valence-corrected chi connectivity index (χ2v) is 4.26. The van der Waals surface area contributed by atoms with Gasteiger partial charge in [0.1, 0.15) is 0 Å². The maximum atomic E-state index is 11.4. The Bertz CT molecular complexity index is 261. The van der Waals surface area contributed by atoms with E-state index in [2.05, 4.69) is 5.32 Å². The normalized spacial score (nSPS) is 12.5. The van der Waals surface area contributed by atoms with E-state index in [9.17, 15) is 4.79 Å². The van der Waals surface area contributed by atoms with E-state index < -0.39 is 0 Å². The molecule has 0 aromatic carbocycles. The van der Waals surface area contributed by atoms with Crippen LogP contribution < -0.4 is 5.32 Å². The molecule has 0 spiro atoms. The monoisotopic (exact) mass is 217 g/mol. The van der Waals surface area contributed by atoms with Crippen LogP contribution in [-0.2, 0) is 0 Å². The van der Waals surface area contributed by atoms with E-state index in [1.165, 1.54) is 11.3 Å². The van der Waals surface area contributed by atoms with Crippen LogP contribution in [0.3, 0.4) is 0 Å². The number of alkyl halides is 1. The molecule has 0 bridgehead atoms. The summed E-state index contributed by atoms with van der Waals surface area (Å²) in [5, 5.41) is 4.69. The lowest BCUT2D eigenvalue weighted by Gasteiger charge is -2.06. The molecule has 1 aromatic heterocycles. The average molecular weight is 218 g/mol. The van der Waals surface area contributed by atoms with Gasteiger partial charge in [-0.25, -0.2) is 0 Å². The maximum absolute atomic E-state index is 11.4. The summed E-state index contributed by atoms with van der Waals surface area (Å²) in [6.45, 7) is 2.53. The van der Waals surface area contributed by atoms with Gasteiger partial charge < -0.3 is 5.32 Å². The van der Waals surface area contributed by atoms with Gasteiger partial charge in [-0.3, -0.25) is 4.79 Å². The van der Waals surface area contributed by atoms with Crippen LogP contribution in [0.15, 0.2) is 17.5 Å². The molecular formula is C9H12ClNOS. The van der Waals surface area contributed by atoms with Gasteiger partial charge in [0.25, 0.3) is 5.91 Å².